The fraction of sp³-hybridized carbons (Fsp3) is 0.364. The quantitative estimate of drug-likeness (QED) is 0.635. The summed E-state index contributed by atoms with van der Waals surface area (Å²) in [5.41, 5.74) is -0.312. The maximum absolute atomic E-state index is 13.2. The van der Waals surface area contributed by atoms with E-state index in [-0.39, 0.29) is 5.69 Å². The van der Waals surface area contributed by atoms with Gasteiger partial charge in [-0.15, -0.1) is 0 Å². The van der Waals surface area contributed by atoms with E-state index in [1.807, 2.05) is 0 Å². The Morgan fingerprint density at radius 3 is 2.64 bits per heavy atom. The van der Waals surface area contributed by atoms with Crippen molar-refractivity contribution in [3.63, 3.8) is 0 Å². The van der Waals surface area contributed by atoms with Crippen molar-refractivity contribution in [3.05, 3.63) is 29.3 Å². The van der Waals surface area contributed by atoms with Crippen molar-refractivity contribution in [2.75, 3.05) is 0 Å². The molecule has 1 aromatic heterocycles. The van der Waals surface area contributed by atoms with Gasteiger partial charge in [-0.1, -0.05) is 5.92 Å². The number of rotatable bonds is 0. The van der Waals surface area contributed by atoms with Gasteiger partial charge in [0.2, 0.25) is 0 Å². The third-order valence-corrected chi connectivity index (χ3v) is 1.46. The maximum Gasteiger partial charge on any atom is 0.157 e. The second-order valence-electron chi connectivity index (χ2n) is 3.65. The predicted octanol–water partition coefficient (Wildman–Crippen LogP) is 1.65. The summed E-state index contributed by atoms with van der Waals surface area (Å²) in [6.07, 6.45) is 1.54. The van der Waals surface area contributed by atoms with E-state index in [0.717, 1.165) is 5.56 Å². The molecule has 1 heterocycles. The van der Waals surface area contributed by atoms with Crippen LogP contribution in [0.5, 0.6) is 0 Å². The molecule has 0 bridgehead atoms. The predicted molar refractivity (Wildman–Crippen MR) is 52.1 cm³/mol. The molecule has 2 nitrogen and oxygen atoms in total. The number of hydrogen-bond acceptors (Lipinski definition) is 2. The van der Waals surface area contributed by atoms with Gasteiger partial charge in [0, 0.05) is 6.20 Å². The zero-order valence-electron chi connectivity index (χ0n) is 8.43. The minimum Gasteiger partial charge on any atom is -0.378 e. The van der Waals surface area contributed by atoms with Crippen LogP contribution in [-0.4, -0.2) is 15.7 Å². The van der Waals surface area contributed by atoms with E-state index in [1.54, 1.807) is 6.92 Å². The highest BCUT2D eigenvalue weighted by Gasteiger charge is 2.07. The van der Waals surface area contributed by atoms with Gasteiger partial charge in [-0.05, 0) is 38.3 Å². The van der Waals surface area contributed by atoms with Gasteiger partial charge in [-0.2, -0.15) is 0 Å². The SMILES string of the molecule is Cc1cnc(C#CC(C)(C)O)c(F)c1. The summed E-state index contributed by atoms with van der Waals surface area (Å²) in [5, 5.41) is 9.30. The molecule has 0 fully saturated rings. The number of aryl methyl sites for hydroxylation is 1. The molecule has 0 spiro atoms. The average Bonchev–Trinajstić information content (AvgIpc) is 2.00. The molecule has 0 aliphatic rings. The van der Waals surface area contributed by atoms with Crippen LogP contribution in [0.15, 0.2) is 12.3 Å². The van der Waals surface area contributed by atoms with E-state index >= 15 is 0 Å². The van der Waals surface area contributed by atoms with E-state index in [0.29, 0.717) is 0 Å². The first-order chi connectivity index (χ1) is 6.38. The van der Waals surface area contributed by atoms with Crippen molar-refractivity contribution >= 4 is 0 Å². The van der Waals surface area contributed by atoms with Gasteiger partial charge in [0.1, 0.15) is 11.3 Å². The largest absolute Gasteiger partial charge is 0.378 e. The van der Waals surface area contributed by atoms with Gasteiger partial charge in [0.25, 0.3) is 0 Å². The first-order valence-electron chi connectivity index (χ1n) is 4.26. The lowest BCUT2D eigenvalue weighted by Crippen LogP contribution is -2.14. The molecule has 0 atom stereocenters. The van der Waals surface area contributed by atoms with Crippen molar-refractivity contribution in [2.45, 2.75) is 26.4 Å². The van der Waals surface area contributed by atoms with E-state index < -0.39 is 11.4 Å². The molecule has 14 heavy (non-hydrogen) atoms. The van der Waals surface area contributed by atoms with Crippen molar-refractivity contribution in [1.82, 2.24) is 4.98 Å². The summed E-state index contributed by atoms with van der Waals surface area (Å²) in [6, 6.07) is 1.36. The third-order valence-electron chi connectivity index (χ3n) is 1.46. The molecule has 0 radical (unpaired) electrons. The van der Waals surface area contributed by atoms with Crippen LogP contribution < -0.4 is 0 Å². The molecular weight excluding hydrogens is 181 g/mol. The summed E-state index contributed by atoms with van der Waals surface area (Å²) >= 11 is 0. The highest BCUT2D eigenvalue weighted by molar-refractivity contribution is 5.32. The Balaban J connectivity index is 3.02. The Bertz CT molecular complexity index is 396. The minimum absolute atomic E-state index is 0.0673. The molecule has 0 amide bonds. The van der Waals surface area contributed by atoms with Crippen LogP contribution >= 0.6 is 0 Å². The molecule has 1 aromatic rings. The Kier molecular flexibility index (Phi) is 2.87. The standard InChI is InChI=1S/C11H12FNO/c1-8-6-9(12)10(13-7-8)4-5-11(2,3)14/h6-7,14H,1-3H3. The molecule has 1 rings (SSSR count). The van der Waals surface area contributed by atoms with Crippen LogP contribution in [-0.2, 0) is 0 Å². The van der Waals surface area contributed by atoms with Gasteiger partial charge in [-0.25, -0.2) is 9.37 Å². The fourth-order valence-electron chi connectivity index (χ4n) is 0.838. The summed E-state index contributed by atoms with van der Waals surface area (Å²) in [4.78, 5) is 3.82. The van der Waals surface area contributed by atoms with Gasteiger partial charge in [-0.3, -0.25) is 0 Å². The van der Waals surface area contributed by atoms with E-state index in [9.17, 15) is 9.50 Å². The summed E-state index contributed by atoms with van der Waals surface area (Å²) in [6.45, 7) is 4.82. The number of halogens is 1. The Hall–Kier alpha value is -1.40. The Morgan fingerprint density at radius 1 is 1.50 bits per heavy atom. The fourth-order valence-corrected chi connectivity index (χ4v) is 0.838. The number of aromatic nitrogens is 1. The Morgan fingerprint density at radius 2 is 2.14 bits per heavy atom. The van der Waals surface area contributed by atoms with Crippen LogP contribution in [0.1, 0.15) is 25.1 Å². The van der Waals surface area contributed by atoms with Gasteiger partial charge < -0.3 is 5.11 Å². The monoisotopic (exact) mass is 193 g/mol. The topological polar surface area (TPSA) is 33.1 Å². The lowest BCUT2D eigenvalue weighted by Gasteiger charge is -2.05. The van der Waals surface area contributed by atoms with Crippen LogP contribution in [0.3, 0.4) is 0 Å². The maximum atomic E-state index is 13.2. The van der Waals surface area contributed by atoms with Gasteiger partial charge >= 0.3 is 0 Å². The Labute approximate surface area is 82.8 Å². The minimum atomic E-state index is -1.13. The normalized spacial score (nSPS) is 10.6. The first-order valence-corrected chi connectivity index (χ1v) is 4.26. The molecule has 0 unspecified atom stereocenters. The highest BCUT2D eigenvalue weighted by atomic mass is 19.1. The van der Waals surface area contributed by atoms with E-state index in [1.165, 1.54) is 26.1 Å². The molecule has 0 aliphatic heterocycles. The number of hydrogen-bond donors (Lipinski definition) is 1. The van der Waals surface area contributed by atoms with Gasteiger partial charge in [0.15, 0.2) is 5.82 Å². The van der Waals surface area contributed by atoms with E-state index in [4.69, 9.17) is 0 Å². The summed E-state index contributed by atoms with van der Waals surface area (Å²) < 4.78 is 13.2. The number of nitrogens with zero attached hydrogens (tertiary/aromatic N) is 1. The van der Waals surface area contributed by atoms with Crippen molar-refractivity contribution < 1.29 is 9.50 Å². The van der Waals surface area contributed by atoms with Crippen molar-refractivity contribution in [2.24, 2.45) is 0 Å². The number of aliphatic hydroxyl groups is 1. The van der Waals surface area contributed by atoms with Crippen molar-refractivity contribution in [1.29, 1.82) is 0 Å². The van der Waals surface area contributed by atoms with Crippen molar-refractivity contribution in [3.8, 4) is 11.8 Å². The lowest BCUT2D eigenvalue weighted by molar-refractivity contribution is 0.143. The van der Waals surface area contributed by atoms with E-state index in [2.05, 4.69) is 16.8 Å². The molecule has 0 saturated carbocycles. The lowest BCUT2D eigenvalue weighted by atomic mass is 10.1. The summed E-state index contributed by atoms with van der Waals surface area (Å²) in [5.74, 6) is 4.54. The zero-order chi connectivity index (χ0) is 10.8. The second-order valence-corrected chi connectivity index (χ2v) is 3.65. The average molecular weight is 193 g/mol. The third kappa shape index (κ3) is 3.15. The van der Waals surface area contributed by atoms with Crippen LogP contribution in [0.2, 0.25) is 0 Å². The smallest absolute Gasteiger partial charge is 0.157 e. The van der Waals surface area contributed by atoms with Crippen LogP contribution in [0, 0.1) is 24.6 Å². The van der Waals surface area contributed by atoms with Crippen LogP contribution in [0.4, 0.5) is 4.39 Å². The highest BCUT2D eigenvalue weighted by Crippen LogP contribution is 2.05. The molecule has 74 valence electrons. The second kappa shape index (κ2) is 3.77. The van der Waals surface area contributed by atoms with Crippen LogP contribution in [0.25, 0.3) is 0 Å². The molecule has 0 aliphatic carbocycles. The molecule has 0 aromatic carbocycles. The number of pyridine rings is 1. The molecule has 1 N–H and O–H groups in total. The molecular formula is C11H12FNO. The zero-order valence-corrected chi connectivity index (χ0v) is 8.43. The van der Waals surface area contributed by atoms with Gasteiger partial charge in [0.05, 0.1) is 0 Å². The summed E-state index contributed by atoms with van der Waals surface area (Å²) in [7, 11) is 0. The molecule has 3 heteroatoms. The first kappa shape index (κ1) is 10.7. The molecule has 0 saturated heterocycles.